The predicted octanol–water partition coefficient (Wildman–Crippen LogP) is 1.37. The lowest BCUT2D eigenvalue weighted by Crippen LogP contribution is -2.20. The zero-order valence-corrected chi connectivity index (χ0v) is 7.31. The Morgan fingerprint density at radius 1 is 0.933 bits per heavy atom. The second kappa shape index (κ2) is 2.70. The van der Waals surface area contributed by atoms with Crippen molar-refractivity contribution in [2.75, 3.05) is 0 Å². The molecular formula is C8H6F4O3. The molecule has 2 rings (SSSR count). The van der Waals surface area contributed by atoms with Crippen LogP contribution in [0.3, 0.4) is 0 Å². The SMILES string of the molecule is O=C(OC(=O)C1CC1(F)F)C1CC1(F)F. The van der Waals surface area contributed by atoms with E-state index in [9.17, 15) is 27.2 Å². The lowest BCUT2D eigenvalue weighted by atomic mass is 10.4. The Morgan fingerprint density at radius 3 is 1.40 bits per heavy atom. The highest BCUT2D eigenvalue weighted by molar-refractivity contribution is 5.91. The molecule has 0 aromatic heterocycles. The van der Waals surface area contributed by atoms with Crippen molar-refractivity contribution in [1.29, 1.82) is 0 Å². The van der Waals surface area contributed by atoms with Crippen molar-refractivity contribution in [3.05, 3.63) is 0 Å². The maximum atomic E-state index is 12.3. The summed E-state index contributed by atoms with van der Waals surface area (Å²) in [7, 11) is 0. The van der Waals surface area contributed by atoms with Gasteiger partial charge in [-0.05, 0) is 0 Å². The average Bonchev–Trinajstić information content (AvgIpc) is 2.88. The summed E-state index contributed by atoms with van der Waals surface area (Å²) in [6, 6.07) is 0. The molecule has 2 unspecified atom stereocenters. The number of halogens is 4. The first kappa shape index (κ1) is 10.4. The van der Waals surface area contributed by atoms with Gasteiger partial charge < -0.3 is 4.74 Å². The number of rotatable bonds is 2. The van der Waals surface area contributed by atoms with Gasteiger partial charge in [0.2, 0.25) is 0 Å². The minimum absolute atomic E-state index is 0.680. The molecule has 0 bridgehead atoms. The van der Waals surface area contributed by atoms with Gasteiger partial charge in [-0.3, -0.25) is 9.59 Å². The molecule has 0 spiro atoms. The fourth-order valence-electron chi connectivity index (χ4n) is 1.18. The monoisotopic (exact) mass is 226 g/mol. The number of hydrogen-bond donors (Lipinski definition) is 0. The van der Waals surface area contributed by atoms with Crippen molar-refractivity contribution in [2.24, 2.45) is 11.8 Å². The van der Waals surface area contributed by atoms with Crippen molar-refractivity contribution in [3.8, 4) is 0 Å². The molecule has 0 aromatic rings. The topological polar surface area (TPSA) is 43.4 Å². The van der Waals surface area contributed by atoms with E-state index >= 15 is 0 Å². The summed E-state index contributed by atoms with van der Waals surface area (Å²) >= 11 is 0. The normalized spacial score (nSPS) is 34.4. The molecule has 0 amide bonds. The van der Waals surface area contributed by atoms with Crippen LogP contribution in [0.1, 0.15) is 12.8 Å². The van der Waals surface area contributed by atoms with E-state index in [0.717, 1.165) is 0 Å². The molecule has 0 N–H and O–H groups in total. The van der Waals surface area contributed by atoms with Crippen LogP contribution in [0.2, 0.25) is 0 Å². The lowest BCUT2D eigenvalue weighted by Gasteiger charge is -2.00. The van der Waals surface area contributed by atoms with Gasteiger partial charge in [-0.25, -0.2) is 17.6 Å². The molecule has 84 valence electrons. The van der Waals surface area contributed by atoms with Crippen LogP contribution in [-0.2, 0) is 14.3 Å². The summed E-state index contributed by atoms with van der Waals surface area (Å²) in [6.45, 7) is 0. The third-order valence-corrected chi connectivity index (χ3v) is 2.42. The van der Waals surface area contributed by atoms with Gasteiger partial charge in [-0.15, -0.1) is 0 Å². The zero-order chi connectivity index (χ0) is 11.4. The second-order valence-electron chi connectivity index (χ2n) is 3.78. The highest BCUT2D eigenvalue weighted by Gasteiger charge is 2.66. The van der Waals surface area contributed by atoms with Crippen molar-refractivity contribution in [2.45, 2.75) is 24.7 Å². The van der Waals surface area contributed by atoms with Gasteiger partial charge >= 0.3 is 11.9 Å². The number of esters is 2. The molecular weight excluding hydrogens is 220 g/mol. The summed E-state index contributed by atoms with van der Waals surface area (Å²) in [4.78, 5) is 21.6. The number of carbonyl (C=O) groups excluding carboxylic acids is 2. The van der Waals surface area contributed by atoms with Crippen LogP contribution in [0.5, 0.6) is 0 Å². The summed E-state index contributed by atoms with van der Waals surface area (Å²) < 4.78 is 53.2. The standard InChI is InChI=1S/C8H6F4O3/c9-7(10)1-3(7)5(13)15-6(14)4-2-8(4,11)12/h3-4H,1-2H2. The second-order valence-corrected chi connectivity index (χ2v) is 3.78. The van der Waals surface area contributed by atoms with E-state index in [1.54, 1.807) is 0 Å². The van der Waals surface area contributed by atoms with Gasteiger partial charge in [0.05, 0.1) is 0 Å². The molecule has 3 nitrogen and oxygen atoms in total. The van der Waals surface area contributed by atoms with E-state index in [0.29, 0.717) is 0 Å². The Balaban J connectivity index is 1.84. The molecule has 15 heavy (non-hydrogen) atoms. The Labute approximate surface area is 81.4 Å². The quantitative estimate of drug-likeness (QED) is 0.405. The van der Waals surface area contributed by atoms with Crippen molar-refractivity contribution in [1.82, 2.24) is 0 Å². The summed E-state index contributed by atoms with van der Waals surface area (Å²) in [5.41, 5.74) is 0. The summed E-state index contributed by atoms with van der Waals surface area (Å²) in [6.07, 6.45) is -1.36. The fraction of sp³-hybridized carbons (Fsp3) is 0.750. The largest absolute Gasteiger partial charge is 0.392 e. The maximum Gasteiger partial charge on any atom is 0.322 e. The van der Waals surface area contributed by atoms with Crippen LogP contribution in [0.4, 0.5) is 17.6 Å². The summed E-state index contributed by atoms with van der Waals surface area (Å²) in [5, 5.41) is 0. The Morgan fingerprint density at radius 2 is 1.20 bits per heavy atom. The van der Waals surface area contributed by atoms with Crippen molar-refractivity contribution in [3.63, 3.8) is 0 Å². The number of carbonyl (C=O) groups is 2. The van der Waals surface area contributed by atoms with E-state index in [4.69, 9.17) is 0 Å². The first-order valence-electron chi connectivity index (χ1n) is 4.25. The van der Waals surface area contributed by atoms with Crippen LogP contribution in [0.15, 0.2) is 0 Å². The van der Waals surface area contributed by atoms with Crippen molar-refractivity contribution < 1.29 is 31.9 Å². The number of alkyl halides is 4. The highest BCUT2D eigenvalue weighted by atomic mass is 19.3. The Kier molecular flexibility index (Phi) is 1.87. The smallest absolute Gasteiger partial charge is 0.322 e. The lowest BCUT2D eigenvalue weighted by molar-refractivity contribution is -0.164. The molecule has 0 heterocycles. The van der Waals surface area contributed by atoms with Gasteiger partial charge in [0.15, 0.2) is 0 Å². The first-order chi connectivity index (χ1) is 6.74. The van der Waals surface area contributed by atoms with Crippen LogP contribution in [0.25, 0.3) is 0 Å². The van der Waals surface area contributed by atoms with Gasteiger partial charge in [0.25, 0.3) is 11.8 Å². The highest BCUT2D eigenvalue weighted by Crippen LogP contribution is 2.51. The molecule has 0 radical (unpaired) electrons. The Hall–Kier alpha value is -1.14. The van der Waals surface area contributed by atoms with Crippen molar-refractivity contribution >= 4 is 11.9 Å². The number of ether oxygens (including phenoxy) is 1. The van der Waals surface area contributed by atoms with Gasteiger partial charge in [0, 0.05) is 12.8 Å². The van der Waals surface area contributed by atoms with Crippen LogP contribution < -0.4 is 0 Å². The zero-order valence-electron chi connectivity index (χ0n) is 7.31. The van der Waals surface area contributed by atoms with Gasteiger partial charge in [-0.2, -0.15) is 0 Å². The maximum absolute atomic E-state index is 12.3. The molecule has 2 atom stereocenters. The molecule has 2 aliphatic rings. The molecule has 0 aliphatic heterocycles. The molecule has 2 saturated carbocycles. The fourth-order valence-corrected chi connectivity index (χ4v) is 1.18. The predicted molar refractivity (Wildman–Crippen MR) is 37.2 cm³/mol. The molecule has 2 fully saturated rings. The number of hydrogen-bond acceptors (Lipinski definition) is 3. The molecule has 0 saturated heterocycles. The minimum atomic E-state index is -3.15. The van der Waals surface area contributed by atoms with E-state index in [1.807, 2.05) is 0 Å². The van der Waals surface area contributed by atoms with Crippen LogP contribution in [-0.4, -0.2) is 23.8 Å². The van der Waals surface area contributed by atoms with Gasteiger partial charge in [-0.1, -0.05) is 0 Å². The third-order valence-electron chi connectivity index (χ3n) is 2.42. The summed E-state index contributed by atoms with van der Waals surface area (Å²) in [5.74, 6) is -12.4. The third kappa shape index (κ3) is 1.82. The average molecular weight is 226 g/mol. The van der Waals surface area contributed by atoms with Crippen LogP contribution >= 0.6 is 0 Å². The van der Waals surface area contributed by atoms with Crippen LogP contribution in [0, 0.1) is 11.8 Å². The van der Waals surface area contributed by atoms with E-state index in [1.165, 1.54) is 0 Å². The van der Waals surface area contributed by atoms with E-state index < -0.39 is 48.5 Å². The Bertz CT molecular complexity index is 307. The molecule has 0 aromatic carbocycles. The van der Waals surface area contributed by atoms with Gasteiger partial charge in [0.1, 0.15) is 11.8 Å². The van der Waals surface area contributed by atoms with E-state index in [2.05, 4.69) is 4.74 Å². The first-order valence-corrected chi connectivity index (χ1v) is 4.25. The molecule has 2 aliphatic carbocycles. The minimum Gasteiger partial charge on any atom is -0.392 e. The molecule has 7 heteroatoms. The van der Waals surface area contributed by atoms with E-state index in [-0.39, 0.29) is 0 Å².